The molecule has 372 valence electrons. The Hall–Kier alpha value is -5.93. The lowest BCUT2D eigenvalue weighted by Gasteiger charge is -2.20. The number of nitrogens with zero attached hydrogens (tertiary/aromatic N) is 5. The second-order valence-corrected chi connectivity index (χ2v) is 19.8. The average Bonchev–Trinajstić information content (AvgIpc) is 3.78. The van der Waals surface area contributed by atoms with Gasteiger partial charge in [-0.25, -0.2) is 33.4 Å². The number of aliphatic hydroxyl groups excluding tert-OH is 2. The van der Waals surface area contributed by atoms with Crippen molar-refractivity contribution in [3.8, 4) is 34.3 Å². The Morgan fingerprint density at radius 1 is 0.943 bits per heavy atom. The number of anilines is 2. The quantitative estimate of drug-likeness (QED) is 0.0288. The number of benzene rings is 3. The Balaban J connectivity index is 1.17. The van der Waals surface area contributed by atoms with Gasteiger partial charge in [-0.3, -0.25) is 18.9 Å². The van der Waals surface area contributed by atoms with Crippen LogP contribution in [0.3, 0.4) is 0 Å². The molecule has 7 rings (SSSR count). The lowest BCUT2D eigenvalue weighted by atomic mass is 9.88. The highest BCUT2D eigenvalue weighted by Gasteiger charge is 2.47. The minimum absolute atomic E-state index is 0.0168. The van der Waals surface area contributed by atoms with Gasteiger partial charge in [-0.15, -0.1) is 0 Å². The van der Waals surface area contributed by atoms with Crippen molar-refractivity contribution in [3.63, 3.8) is 0 Å². The smallest absolute Gasteiger partial charge is 0.462 e. The van der Waals surface area contributed by atoms with E-state index in [1.54, 1.807) is 19.1 Å². The minimum Gasteiger partial charge on any atom is -0.462 e. The number of hydrogen-bond acceptors (Lipinski definition) is 19. The number of esters is 1. The third-order valence-electron chi connectivity index (χ3n) is 10.6. The number of nitrogens with two attached hydrogens (primary N) is 1. The van der Waals surface area contributed by atoms with Gasteiger partial charge >= 0.3 is 29.4 Å². The molecular formula is C42H47N8O17P3. The number of fused-ring (bicyclic) bond motifs is 3. The van der Waals surface area contributed by atoms with E-state index in [0.717, 1.165) is 33.1 Å². The maximum absolute atomic E-state index is 13.8. The molecule has 2 aromatic carbocycles. The number of rotatable bonds is 16. The number of aromatic nitrogens is 4. The number of ether oxygens (including phenoxy) is 2. The van der Waals surface area contributed by atoms with Crippen LogP contribution in [-0.2, 0) is 36.3 Å². The first kappa shape index (κ1) is 51.9. The molecule has 70 heavy (non-hydrogen) atoms. The van der Waals surface area contributed by atoms with Gasteiger partial charge < -0.3 is 60.0 Å². The zero-order valence-corrected chi connectivity index (χ0v) is 40.5. The third-order valence-corrected chi connectivity index (χ3v) is 14.4. The molecule has 25 nitrogen and oxygen atoms in total. The molecule has 1 amide bonds. The first-order valence-corrected chi connectivity index (χ1v) is 25.7. The van der Waals surface area contributed by atoms with E-state index in [2.05, 4.69) is 55.6 Å². The van der Waals surface area contributed by atoms with E-state index in [9.17, 15) is 43.3 Å². The second kappa shape index (κ2) is 20.8. The summed E-state index contributed by atoms with van der Waals surface area (Å²) in [5.74, 6) is 4.40. The fourth-order valence-corrected chi connectivity index (χ4v) is 10.7. The van der Waals surface area contributed by atoms with Crippen LogP contribution in [0.4, 0.5) is 11.5 Å². The number of carbonyl (C=O) groups excluding carboxylic acids is 2. The van der Waals surface area contributed by atoms with Crippen molar-refractivity contribution < 1.29 is 80.1 Å². The summed E-state index contributed by atoms with van der Waals surface area (Å²) in [7, 11) is -17.2. The Morgan fingerprint density at radius 2 is 1.70 bits per heavy atom. The molecule has 10 N–H and O–H groups in total. The summed E-state index contributed by atoms with van der Waals surface area (Å²) in [5, 5.41) is 29.4. The van der Waals surface area contributed by atoms with E-state index in [-0.39, 0.29) is 47.1 Å². The Bertz CT molecular complexity index is 3270. The van der Waals surface area contributed by atoms with Gasteiger partial charge in [0.15, 0.2) is 29.0 Å². The highest BCUT2D eigenvalue weighted by molar-refractivity contribution is 7.66. The van der Waals surface area contributed by atoms with Crippen molar-refractivity contribution in [1.82, 2.24) is 24.8 Å². The Morgan fingerprint density at radius 3 is 2.40 bits per heavy atom. The topological polar surface area (TPSA) is 372 Å². The van der Waals surface area contributed by atoms with Crippen molar-refractivity contribution in [2.75, 3.05) is 43.9 Å². The number of amides is 1. The predicted octanol–water partition coefficient (Wildman–Crippen LogP) is 3.82. The van der Waals surface area contributed by atoms with Crippen LogP contribution < -0.4 is 21.7 Å². The monoisotopic (exact) mass is 1030 g/mol. The van der Waals surface area contributed by atoms with Crippen LogP contribution in [0, 0.1) is 25.7 Å². The molecule has 4 aromatic rings. The SMILES string of the molecule is CCN=c1cc2oc3cc(NCC)c(C)cc3c(-c3ccc(C(=O)NCC#Cc4nc5c(N)ncnc5n4[C@@H]4O[C@H](COP(=O)(O)OP(=O)(O)OP(=O)(O)O)[C@@H](O)[C@H]4O)cc3C(=O)OCC)c-2cc1C. The first-order valence-electron chi connectivity index (χ1n) is 21.2. The molecule has 0 saturated carbocycles. The highest BCUT2D eigenvalue weighted by atomic mass is 31.3. The molecule has 1 aliphatic carbocycles. The van der Waals surface area contributed by atoms with Gasteiger partial charge in [-0.1, -0.05) is 12.0 Å². The number of nitrogens with one attached hydrogen (secondary N) is 2. The number of phosphoric acid groups is 3. The van der Waals surface area contributed by atoms with E-state index in [0.29, 0.717) is 46.5 Å². The van der Waals surface area contributed by atoms with Crippen molar-refractivity contribution in [3.05, 3.63) is 82.2 Å². The van der Waals surface area contributed by atoms with E-state index in [1.807, 2.05) is 52.0 Å². The number of phosphoric ester groups is 1. The zero-order chi connectivity index (χ0) is 50.9. The molecular weight excluding hydrogens is 981 g/mol. The van der Waals surface area contributed by atoms with E-state index in [4.69, 9.17) is 29.4 Å². The molecule has 6 atom stereocenters. The molecule has 2 aliphatic heterocycles. The molecule has 1 saturated heterocycles. The Labute approximate surface area is 397 Å². The molecule has 2 unspecified atom stereocenters. The molecule has 3 aliphatic rings. The van der Waals surface area contributed by atoms with Crippen molar-refractivity contribution in [2.24, 2.45) is 4.99 Å². The molecule has 28 heteroatoms. The number of carbonyl (C=O) groups is 2. The van der Waals surface area contributed by atoms with E-state index >= 15 is 0 Å². The van der Waals surface area contributed by atoms with Crippen LogP contribution in [0.15, 0.2) is 58.2 Å². The minimum atomic E-state index is -5.86. The van der Waals surface area contributed by atoms with Crippen LogP contribution in [-0.4, -0.2) is 112 Å². The fourth-order valence-electron chi connectivity index (χ4n) is 7.64. The van der Waals surface area contributed by atoms with Gasteiger partial charge in [-0.05, 0) is 81.5 Å². The molecule has 0 bridgehead atoms. The van der Waals surface area contributed by atoms with Gasteiger partial charge in [-0.2, -0.15) is 8.62 Å². The second-order valence-electron chi connectivity index (χ2n) is 15.4. The van der Waals surface area contributed by atoms with Gasteiger partial charge in [0, 0.05) is 53.0 Å². The highest BCUT2D eigenvalue weighted by Crippen LogP contribution is 2.66. The van der Waals surface area contributed by atoms with Crippen LogP contribution in [0.1, 0.15) is 64.7 Å². The largest absolute Gasteiger partial charge is 0.490 e. The summed E-state index contributed by atoms with van der Waals surface area (Å²) < 4.78 is 66.0. The van der Waals surface area contributed by atoms with Gasteiger partial charge in [0.1, 0.15) is 36.0 Å². The normalized spacial score (nSPS) is 19.2. The van der Waals surface area contributed by atoms with Crippen LogP contribution >= 0.6 is 23.5 Å². The molecule has 0 radical (unpaired) electrons. The number of imidazole rings is 1. The maximum atomic E-state index is 13.8. The third kappa shape index (κ3) is 11.3. The van der Waals surface area contributed by atoms with Crippen LogP contribution in [0.25, 0.3) is 44.6 Å². The summed E-state index contributed by atoms with van der Waals surface area (Å²) >= 11 is 0. The summed E-state index contributed by atoms with van der Waals surface area (Å²) in [6.45, 7) is 9.35. The van der Waals surface area contributed by atoms with Crippen molar-refractivity contribution in [1.29, 1.82) is 0 Å². The lowest BCUT2D eigenvalue weighted by Crippen LogP contribution is -2.33. The predicted molar refractivity (Wildman–Crippen MR) is 249 cm³/mol. The number of aliphatic hydroxyl groups is 2. The summed E-state index contributed by atoms with van der Waals surface area (Å²) in [6.07, 6.45) is -5.94. The van der Waals surface area contributed by atoms with Crippen LogP contribution in [0.2, 0.25) is 0 Å². The van der Waals surface area contributed by atoms with Crippen molar-refractivity contribution >= 4 is 69.0 Å². The van der Waals surface area contributed by atoms with E-state index < -0.39 is 66.5 Å². The van der Waals surface area contributed by atoms with Crippen LogP contribution in [0.5, 0.6) is 0 Å². The van der Waals surface area contributed by atoms with Gasteiger partial charge in [0.05, 0.1) is 30.7 Å². The molecule has 0 spiro atoms. The molecule has 1 fully saturated rings. The van der Waals surface area contributed by atoms with E-state index in [1.165, 1.54) is 6.07 Å². The maximum Gasteiger partial charge on any atom is 0.490 e. The zero-order valence-electron chi connectivity index (χ0n) is 37.8. The summed E-state index contributed by atoms with van der Waals surface area (Å²) in [5.41, 5.74) is 11.3. The number of aryl methyl sites for hydroxylation is 2. The Kier molecular flexibility index (Phi) is 15.4. The fraction of sp³-hybridized carbons (Fsp3) is 0.333. The first-order chi connectivity index (χ1) is 33.0. The van der Waals surface area contributed by atoms with Gasteiger partial charge in [0.25, 0.3) is 5.91 Å². The average molecular weight is 1030 g/mol. The van der Waals surface area contributed by atoms with Gasteiger partial charge in [0.2, 0.25) is 0 Å². The standard InChI is InChI=1S/C42H47N8O17P3/c1-6-44-28-17-30-26(14-21(28)4)34(27-15-22(5)29(45-7-2)18-31(27)64-30)24-12-11-23(16-25(24)42(54)62-8-3)40(53)46-13-9-10-33-49-35-38(43)47-20-48-39(35)50(33)41-37(52)36(51)32(65-41)19-63-69(58,59)67-70(60,61)66-68(55,56)57/h11-12,14-18,20,32,36-37,41,44,51-52H,6-8,13,19H2,1-5H3,(H,46,53)(H,58,59)(H,60,61)(H2,43,47,48)(H2,55,56,57)/t32-,36-,37-,41-/m1/s1. The number of nitrogen functional groups attached to an aromatic ring is 1. The van der Waals surface area contributed by atoms with Crippen molar-refractivity contribution in [2.45, 2.75) is 59.2 Å². The number of hydrogen-bond donors (Lipinski definition) is 9. The summed E-state index contributed by atoms with van der Waals surface area (Å²) in [6, 6.07) is 12.4. The summed E-state index contributed by atoms with van der Waals surface area (Å²) in [4.78, 5) is 81.6. The lowest BCUT2D eigenvalue weighted by molar-refractivity contribution is -0.0506. The molecule has 2 aromatic heterocycles. The molecule has 4 heterocycles.